The van der Waals surface area contributed by atoms with Gasteiger partial charge in [0.15, 0.2) is 0 Å². The number of carboxylic acids is 1. The summed E-state index contributed by atoms with van der Waals surface area (Å²) in [5.74, 6) is -0.956. The number of rotatable bonds is 1. The highest BCUT2D eigenvalue weighted by Gasteiger charge is 2.20. The number of nitrogens with zero attached hydrogens (tertiary/aromatic N) is 1. The third kappa shape index (κ3) is 0.776. The molecule has 0 spiro atoms. The van der Waals surface area contributed by atoms with E-state index in [-0.39, 0.29) is 0 Å². The van der Waals surface area contributed by atoms with Crippen molar-refractivity contribution in [3.8, 4) is 0 Å². The summed E-state index contributed by atoms with van der Waals surface area (Å²) in [7, 11) is 0. The van der Waals surface area contributed by atoms with Crippen LogP contribution in [0.4, 0.5) is 0 Å². The van der Waals surface area contributed by atoms with Gasteiger partial charge in [0, 0.05) is 12.6 Å². The van der Waals surface area contributed by atoms with Crippen LogP contribution in [-0.4, -0.2) is 23.4 Å². The maximum absolute atomic E-state index is 10.00. The Morgan fingerprint density at radius 3 is 3.00 bits per heavy atom. The number of hydrogen-bond donors (Lipinski definition) is 1. The van der Waals surface area contributed by atoms with Gasteiger partial charge in [-0.2, -0.15) is 0 Å². The molecule has 0 radical (unpaired) electrons. The molecule has 0 saturated heterocycles. The molecular weight excluding hydrogens is 110 g/mol. The number of aliphatic carboxylic acids is 1. The van der Waals surface area contributed by atoms with Crippen LogP contribution in [0.3, 0.4) is 0 Å². The quantitative estimate of drug-likeness (QED) is 0.516. The van der Waals surface area contributed by atoms with Crippen LogP contribution in [0.1, 0.15) is 6.42 Å². The standard InChI is InChI=1S/C4H5NO3/c6-4(7)3-1-2-5-8-3/h2-3H,1H2,(H,6,7). The first-order valence-electron chi connectivity index (χ1n) is 2.21. The second-order valence-electron chi connectivity index (χ2n) is 1.46. The fourth-order valence-corrected chi connectivity index (χ4v) is 0.444. The van der Waals surface area contributed by atoms with Gasteiger partial charge in [-0.15, -0.1) is 0 Å². The third-order valence-electron chi connectivity index (χ3n) is 0.858. The lowest BCUT2D eigenvalue weighted by Gasteiger charge is -1.97. The number of oxime groups is 1. The van der Waals surface area contributed by atoms with Gasteiger partial charge in [-0.1, -0.05) is 5.16 Å². The minimum Gasteiger partial charge on any atom is -0.478 e. The maximum atomic E-state index is 10.00. The predicted molar refractivity (Wildman–Crippen MR) is 25.6 cm³/mol. The van der Waals surface area contributed by atoms with Crippen LogP contribution in [0.15, 0.2) is 5.16 Å². The highest BCUT2D eigenvalue weighted by atomic mass is 16.7. The summed E-state index contributed by atoms with van der Waals surface area (Å²) in [4.78, 5) is 14.4. The first-order chi connectivity index (χ1) is 3.80. The summed E-state index contributed by atoms with van der Waals surface area (Å²) in [6, 6.07) is 0. The Hall–Kier alpha value is -1.06. The molecule has 0 amide bonds. The monoisotopic (exact) mass is 115 g/mol. The van der Waals surface area contributed by atoms with E-state index in [1.54, 1.807) is 0 Å². The van der Waals surface area contributed by atoms with E-state index < -0.39 is 12.1 Å². The van der Waals surface area contributed by atoms with Gasteiger partial charge >= 0.3 is 5.97 Å². The second kappa shape index (κ2) is 1.81. The second-order valence-corrected chi connectivity index (χ2v) is 1.46. The Kier molecular flexibility index (Phi) is 1.15. The summed E-state index contributed by atoms with van der Waals surface area (Å²) < 4.78 is 0. The molecule has 0 bridgehead atoms. The van der Waals surface area contributed by atoms with Crippen molar-refractivity contribution in [1.29, 1.82) is 0 Å². The van der Waals surface area contributed by atoms with E-state index in [4.69, 9.17) is 5.11 Å². The molecule has 1 heterocycles. The first kappa shape index (κ1) is 5.08. The molecule has 0 saturated carbocycles. The van der Waals surface area contributed by atoms with Crippen LogP contribution in [0, 0.1) is 0 Å². The molecule has 4 nitrogen and oxygen atoms in total. The van der Waals surface area contributed by atoms with E-state index in [1.807, 2.05) is 0 Å². The van der Waals surface area contributed by atoms with Gasteiger partial charge in [0.25, 0.3) is 0 Å². The van der Waals surface area contributed by atoms with Crippen LogP contribution in [0.5, 0.6) is 0 Å². The average molecular weight is 115 g/mol. The van der Waals surface area contributed by atoms with Crippen LogP contribution in [0.2, 0.25) is 0 Å². The van der Waals surface area contributed by atoms with Gasteiger partial charge in [-0.25, -0.2) is 4.79 Å². The minimum absolute atomic E-state index is 0.384. The molecule has 1 unspecified atom stereocenters. The van der Waals surface area contributed by atoms with Crippen molar-refractivity contribution in [2.75, 3.05) is 0 Å². The zero-order valence-electron chi connectivity index (χ0n) is 4.07. The highest BCUT2D eigenvalue weighted by Crippen LogP contribution is 2.03. The molecule has 8 heavy (non-hydrogen) atoms. The molecule has 1 aliphatic rings. The summed E-state index contributed by atoms with van der Waals surface area (Å²) in [5.41, 5.74) is 0. The van der Waals surface area contributed by atoms with E-state index in [0.29, 0.717) is 6.42 Å². The largest absolute Gasteiger partial charge is 0.478 e. The SMILES string of the molecule is O=C(O)C1CC=NO1. The minimum atomic E-state index is -0.956. The zero-order chi connectivity index (χ0) is 5.98. The van der Waals surface area contributed by atoms with Crippen molar-refractivity contribution in [2.45, 2.75) is 12.5 Å². The van der Waals surface area contributed by atoms with E-state index in [9.17, 15) is 4.79 Å². The predicted octanol–water partition coefficient (Wildman–Crippen LogP) is -0.154. The Bertz CT molecular complexity index is 123. The fourth-order valence-electron chi connectivity index (χ4n) is 0.444. The molecular formula is C4H5NO3. The van der Waals surface area contributed by atoms with E-state index in [2.05, 4.69) is 9.99 Å². The Morgan fingerprint density at radius 2 is 2.75 bits per heavy atom. The molecule has 0 fully saturated rings. The normalized spacial score (nSPS) is 25.2. The van der Waals surface area contributed by atoms with Crippen LogP contribution in [-0.2, 0) is 9.63 Å². The molecule has 4 heteroatoms. The smallest absolute Gasteiger partial charge is 0.348 e. The average Bonchev–Trinajstić information content (AvgIpc) is 2.12. The van der Waals surface area contributed by atoms with Crippen molar-refractivity contribution in [3.05, 3.63) is 0 Å². The lowest BCUT2D eigenvalue weighted by molar-refractivity contribution is -0.148. The fraction of sp³-hybridized carbons (Fsp3) is 0.500. The van der Waals surface area contributed by atoms with Crippen molar-refractivity contribution < 1.29 is 14.7 Å². The molecule has 1 N–H and O–H groups in total. The summed E-state index contributed by atoms with van der Waals surface area (Å²) in [6.07, 6.45) is 1.09. The van der Waals surface area contributed by atoms with Crippen LogP contribution < -0.4 is 0 Å². The topological polar surface area (TPSA) is 58.9 Å². The molecule has 1 atom stereocenters. The van der Waals surface area contributed by atoms with Gasteiger partial charge in [-0.05, 0) is 0 Å². The molecule has 44 valence electrons. The molecule has 0 aromatic carbocycles. The van der Waals surface area contributed by atoms with Crippen molar-refractivity contribution >= 4 is 12.2 Å². The molecule has 0 aromatic rings. The molecule has 1 aliphatic heterocycles. The maximum Gasteiger partial charge on any atom is 0.348 e. The molecule has 0 aromatic heterocycles. The van der Waals surface area contributed by atoms with Gasteiger partial charge in [-0.3, -0.25) is 0 Å². The van der Waals surface area contributed by atoms with Crippen molar-refractivity contribution in [2.24, 2.45) is 5.16 Å². The van der Waals surface area contributed by atoms with Crippen LogP contribution in [0.25, 0.3) is 0 Å². The summed E-state index contributed by atoms with van der Waals surface area (Å²) >= 11 is 0. The van der Waals surface area contributed by atoms with Crippen molar-refractivity contribution in [1.82, 2.24) is 0 Å². The van der Waals surface area contributed by atoms with Crippen LogP contribution >= 0.6 is 0 Å². The molecule has 0 aliphatic carbocycles. The van der Waals surface area contributed by atoms with Gasteiger partial charge in [0.05, 0.1) is 0 Å². The number of carbonyl (C=O) groups is 1. The third-order valence-corrected chi connectivity index (χ3v) is 0.858. The summed E-state index contributed by atoms with van der Waals surface area (Å²) in [6.45, 7) is 0. The van der Waals surface area contributed by atoms with Gasteiger partial charge in [0.2, 0.25) is 6.10 Å². The number of hydrogen-bond acceptors (Lipinski definition) is 3. The zero-order valence-corrected chi connectivity index (χ0v) is 4.07. The Morgan fingerprint density at radius 1 is 2.00 bits per heavy atom. The van der Waals surface area contributed by atoms with E-state index in [1.165, 1.54) is 6.21 Å². The first-order valence-corrected chi connectivity index (χ1v) is 2.21. The van der Waals surface area contributed by atoms with E-state index >= 15 is 0 Å². The highest BCUT2D eigenvalue weighted by molar-refractivity contribution is 5.78. The van der Waals surface area contributed by atoms with Crippen molar-refractivity contribution in [3.63, 3.8) is 0 Å². The molecule has 1 rings (SSSR count). The lowest BCUT2D eigenvalue weighted by atomic mass is 10.3. The Balaban J connectivity index is 2.41. The lowest BCUT2D eigenvalue weighted by Crippen LogP contribution is -2.17. The van der Waals surface area contributed by atoms with Gasteiger partial charge < -0.3 is 9.94 Å². The van der Waals surface area contributed by atoms with Gasteiger partial charge in [0.1, 0.15) is 0 Å². The summed E-state index contributed by atoms with van der Waals surface area (Å²) in [5, 5.41) is 11.5. The van der Waals surface area contributed by atoms with E-state index in [0.717, 1.165) is 0 Å². The Labute approximate surface area is 45.7 Å². The number of carboxylic acid groups (broad SMARTS) is 1.